The highest BCUT2D eigenvalue weighted by molar-refractivity contribution is 7.89. The maximum Gasteiger partial charge on any atom is 0.243 e. The number of rotatable bonds is 5. The summed E-state index contributed by atoms with van der Waals surface area (Å²) in [5.74, 6) is 0.0960. The molecule has 0 atom stereocenters. The van der Waals surface area contributed by atoms with Crippen LogP contribution in [0.4, 0.5) is 5.69 Å². The molecule has 1 aliphatic heterocycles. The van der Waals surface area contributed by atoms with Crippen LogP contribution < -0.4 is 11.1 Å². The summed E-state index contributed by atoms with van der Waals surface area (Å²) in [6, 6.07) is 6.23. The lowest BCUT2D eigenvalue weighted by molar-refractivity contribution is -0.116. The number of anilines is 1. The monoisotopic (exact) mass is 323 g/mol. The Labute approximate surface area is 131 Å². The molecule has 0 radical (unpaired) electrons. The molecule has 1 aromatic rings. The normalized spacial score (nSPS) is 17.1. The fourth-order valence-electron chi connectivity index (χ4n) is 2.46. The van der Waals surface area contributed by atoms with Crippen molar-refractivity contribution in [2.45, 2.75) is 17.7 Å². The van der Waals surface area contributed by atoms with Gasteiger partial charge in [0.05, 0.1) is 4.90 Å². The lowest BCUT2D eigenvalue weighted by Gasteiger charge is -2.31. The third-order valence-electron chi connectivity index (χ3n) is 3.84. The van der Waals surface area contributed by atoms with Crippen LogP contribution in [0.3, 0.4) is 0 Å². The highest BCUT2D eigenvalue weighted by Crippen LogP contribution is 2.24. The number of nitrogens with one attached hydrogen (secondary N) is 1. The van der Waals surface area contributed by atoms with E-state index in [9.17, 15) is 13.2 Å². The molecular weight excluding hydrogens is 302 g/mol. The molecule has 1 fully saturated rings. The van der Waals surface area contributed by atoms with Crippen molar-refractivity contribution in [3.8, 4) is 0 Å². The largest absolute Gasteiger partial charge is 0.399 e. The van der Waals surface area contributed by atoms with E-state index in [4.69, 9.17) is 5.73 Å². The molecule has 0 saturated carbocycles. The van der Waals surface area contributed by atoms with Crippen molar-refractivity contribution in [2.75, 3.05) is 25.4 Å². The van der Waals surface area contributed by atoms with Gasteiger partial charge in [0.2, 0.25) is 15.9 Å². The van der Waals surface area contributed by atoms with Gasteiger partial charge in [0.25, 0.3) is 0 Å². The van der Waals surface area contributed by atoms with E-state index in [1.54, 1.807) is 12.1 Å². The highest BCUT2D eigenvalue weighted by Gasteiger charge is 2.29. The Hall–Kier alpha value is -1.86. The fraction of sp³-hybridized carbons (Fsp3) is 0.400. The molecule has 0 aromatic heterocycles. The molecule has 22 heavy (non-hydrogen) atoms. The van der Waals surface area contributed by atoms with E-state index >= 15 is 0 Å². The first-order valence-electron chi connectivity index (χ1n) is 7.19. The maximum absolute atomic E-state index is 12.5. The van der Waals surface area contributed by atoms with E-state index in [0.717, 1.165) is 12.8 Å². The van der Waals surface area contributed by atoms with Crippen LogP contribution >= 0.6 is 0 Å². The molecule has 1 amide bonds. The number of benzene rings is 1. The number of hydrogen-bond acceptors (Lipinski definition) is 4. The molecule has 1 aliphatic rings. The van der Waals surface area contributed by atoms with Crippen LogP contribution in [0.25, 0.3) is 0 Å². The summed E-state index contributed by atoms with van der Waals surface area (Å²) < 4.78 is 26.5. The Bertz CT molecular complexity index is 633. The number of hydrogen-bond donors (Lipinski definition) is 2. The molecule has 6 nitrogen and oxygen atoms in total. The van der Waals surface area contributed by atoms with Gasteiger partial charge < -0.3 is 11.1 Å². The van der Waals surface area contributed by atoms with Gasteiger partial charge in [-0.05, 0) is 49.1 Å². The van der Waals surface area contributed by atoms with E-state index < -0.39 is 10.0 Å². The van der Waals surface area contributed by atoms with E-state index in [2.05, 4.69) is 11.9 Å². The first-order chi connectivity index (χ1) is 10.4. The zero-order valence-electron chi connectivity index (χ0n) is 12.4. The second kappa shape index (κ2) is 6.93. The summed E-state index contributed by atoms with van der Waals surface area (Å²) >= 11 is 0. The molecule has 1 aromatic carbocycles. The maximum atomic E-state index is 12.5. The zero-order chi connectivity index (χ0) is 16.2. The zero-order valence-corrected chi connectivity index (χ0v) is 13.2. The Morgan fingerprint density at radius 1 is 1.32 bits per heavy atom. The Kier molecular flexibility index (Phi) is 5.20. The van der Waals surface area contributed by atoms with E-state index in [0.29, 0.717) is 31.2 Å². The number of nitrogen functional groups attached to an aromatic ring is 1. The van der Waals surface area contributed by atoms with Gasteiger partial charge in [0.15, 0.2) is 0 Å². The first kappa shape index (κ1) is 16.5. The molecule has 0 spiro atoms. The molecule has 0 bridgehead atoms. The first-order valence-corrected chi connectivity index (χ1v) is 8.63. The van der Waals surface area contributed by atoms with Crippen molar-refractivity contribution < 1.29 is 13.2 Å². The predicted octanol–water partition coefficient (Wildman–Crippen LogP) is 0.972. The van der Waals surface area contributed by atoms with E-state index in [-0.39, 0.29) is 10.8 Å². The van der Waals surface area contributed by atoms with E-state index in [1.807, 2.05) is 0 Å². The number of carbonyl (C=O) groups is 1. The van der Waals surface area contributed by atoms with Crippen molar-refractivity contribution in [3.05, 3.63) is 36.9 Å². The molecule has 2 rings (SSSR count). The van der Waals surface area contributed by atoms with Gasteiger partial charge in [-0.25, -0.2) is 8.42 Å². The second-order valence-corrected chi connectivity index (χ2v) is 7.30. The number of nitrogens with zero attached hydrogens (tertiary/aromatic N) is 1. The lowest BCUT2D eigenvalue weighted by atomic mass is 9.98. The van der Waals surface area contributed by atoms with Crippen molar-refractivity contribution in [1.82, 2.24) is 9.62 Å². The Morgan fingerprint density at radius 3 is 2.45 bits per heavy atom. The van der Waals surface area contributed by atoms with Gasteiger partial charge >= 0.3 is 0 Å². The average molecular weight is 323 g/mol. The van der Waals surface area contributed by atoms with Crippen LogP contribution in [-0.4, -0.2) is 38.3 Å². The number of carbonyl (C=O) groups excluding carboxylic acids is 1. The highest BCUT2D eigenvalue weighted by atomic mass is 32.2. The molecule has 120 valence electrons. The minimum atomic E-state index is -3.46. The minimum Gasteiger partial charge on any atom is -0.399 e. The summed E-state index contributed by atoms with van der Waals surface area (Å²) in [4.78, 5) is 11.4. The van der Waals surface area contributed by atoms with Crippen molar-refractivity contribution in [1.29, 1.82) is 0 Å². The van der Waals surface area contributed by atoms with Gasteiger partial charge in [-0.2, -0.15) is 4.31 Å². The molecule has 0 unspecified atom stereocenters. The number of piperidine rings is 1. The van der Waals surface area contributed by atoms with Gasteiger partial charge in [-0.3, -0.25) is 4.79 Å². The van der Waals surface area contributed by atoms with Crippen LogP contribution in [0.1, 0.15) is 12.8 Å². The second-order valence-electron chi connectivity index (χ2n) is 5.37. The quantitative estimate of drug-likeness (QED) is 0.624. The molecule has 1 heterocycles. The number of amides is 1. The Balaban J connectivity index is 1.94. The summed E-state index contributed by atoms with van der Waals surface area (Å²) in [7, 11) is -3.46. The molecular formula is C15H21N3O3S. The Morgan fingerprint density at radius 2 is 1.91 bits per heavy atom. The van der Waals surface area contributed by atoms with Gasteiger partial charge in [0.1, 0.15) is 0 Å². The van der Waals surface area contributed by atoms with Crippen molar-refractivity contribution in [3.63, 3.8) is 0 Å². The summed E-state index contributed by atoms with van der Waals surface area (Å²) in [5.41, 5.74) is 6.12. The van der Waals surface area contributed by atoms with Crippen molar-refractivity contribution >= 4 is 21.6 Å². The predicted molar refractivity (Wildman–Crippen MR) is 85.5 cm³/mol. The minimum absolute atomic E-state index is 0.197. The van der Waals surface area contributed by atoms with Crippen LogP contribution in [0, 0.1) is 5.92 Å². The van der Waals surface area contributed by atoms with Gasteiger partial charge in [-0.15, -0.1) is 0 Å². The van der Waals surface area contributed by atoms with Crippen LogP contribution in [0.5, 0.6) is 0 Å². The number of nitrogens with two attached hydrogens (primary N) is 1. The summed E-state index contributed by atoms with van der Waals surface area (Å²) in [5, 5.41) is 2.75. The third kappa shape index (κ3) is 3.86. The average Bonchev–Trinajstić information content (AvgIpc) is 2.53. The molecule has 1 saturated heterocycles. The van der Waals surface area contributed by atoms with Gasteiger partial charge in [0, 0.05) is 25.3 Å². The van der Waals surface area contributed by atoms with Crippen LogP contribution in [0.2, 0.25) is 0 Å². The molecule has 3 N–H and O–H groups in total. The topological polar surface area (TPSA) is 92.5 Å². The number of sulfonamides is 1. The standard InChI is InChI=1S/C15H21N3O3S/c1-2-15(19)17-11-12-7-9-18(10-8-12)22(20,21)14-5-3-13(16)4-6-14/h2-6,12H,1,7-11,16H2,(H,17,19). The van der Waals surface area contributed by atoms with Crippen molar-refractivity contribution in [2.24, 2.45) is 5.92 Å². The third-order valence-corrected chi connectivity index (χ3v) is 5.75. The molecule has 7 heteroatoms. The summed E-state index contributed by atoms with van der Waals surface area (Å²) in [6.07, 6.45) is 2.69. The SMILES string of the molecule is C=CC(=O)NCC1CCN(S(=O)(=O)c2ccc(N)cc2)CC1. The fourth-order valence-corrected chi connectivity index (χ4v) is 3.93. The van der Waals surface area contributed by atoms with E-state index in [1.165, 1.54) is 22.5 Å². The smallest absolute Gasteiger partial charge is 0.243 e. The lowest BCUT2D eigenvalue weighted by Crippen LogP contribution is -2.41. The molecule has 0 aliphatic carbocycles. The van der Waals surface area contributed by atoms with Crippen LogP contribution in [0.15, 0.2) is 41.8 Å². The summed E-state index contributed by atoms with van der Waals surface area (Å²) in [6.45, 7) is 4.88. The van der Waals surface area contributed by atoms with Gasteiger partial charge in [-0.1, -0.05) is 6.58 Å². The van der Waals surface area contributed by atoms with Crippen LogP contribution in [-0.2, 0) is 14.8 Å².